The fourth-order valence-electron chi connectivity index (χ4n) is 4.07. The summed E-state index contributed by atoms with van der Waals surface area (Å²) in [7, 11) is 0. The van der Waals surface area contributed by atoms with Crippen LogP contribution in [0.1, 0.15) is 44.3 Å². The van der Waals surface area contributed by atoms with Gasteiger partial charge in [-0.25, -0.2) is 5.01 Å². The Morgan fingerprint density at radius 3 is 2.36 bits per heavy atom. The van der Waals surface area contributed by atoms with Crippen LogP contribution in [0.25, 0.3) is 0 Å². The van der Waals surface area contributed by atoms with Crippen LogP contribution in [-0.4, -0.2) is 23.1 Å². The van der Waals surface area contributed by atoms with E-state index in [1.165, 1.54) is 25.0 Å². The molecule has 1 atom stereocenters. The first kappa shape index (κ1) is 20.1. The van der Waals surface area contributed by atoms with E-state index in [-0.39, 0.29) is 6.17 Å². The lowest BCUT2D eigenvalue weighted by atomic mass is 10.1. The summed E-state index contributed by atoms with van der Waals surface area (Å²) in [4.78, 5) is 2.40. The lowest BCUT2D eigenvalue weighted by Gasteiger charge is -2.42. The van der Waals surface area contributed by atoms with E-state index in [0.29, 0.717) is 10.0 Å². The monoisotopic (exact) mass is 479 g/mol. The summed E-state index contributed by atoms with van der Waals surface area (Å²) in [6.07, 6.45) is 6.98. The van der Waals surface area contributed by atoms with E-state index in [2.05, 4.69) is 74.3 Å². The fourth-order valence-corrected chi connectivity index (χ4v) is 4.84. The van der Waals surface area contributed by atoms with Gasteiger partial charge in [0, 0.05) is 50.8 Å². The number of rotatable bonds is 4. The molecule has 28 heavy (non-hydrogen) atoms. The van der Waals surface area contributed by atoms with Gasteiger partial charge in [0.25, 0.3) is 0 Å². The Balaban J connectivity index is 1.81. The summed E-state index contributed by atoms with van der Waals surface area (Å²) in [5.74, 6) is 0. The lowest BCUT2D eigenvalue weighted by Crippen LogP contribution is -2.46. The second-order valence-corrected chi connectivity index (χ2v) is 9.01. The summed E-state index contributed by atoms with van der Waals surface area (Å²) in [6, 6.07) is 14.3. The van der Waals surface area contributed by atoms with Crippen LogP contribution in [0.3, 0.4) is 0 Å². The summed E-state index contributed by atoms with van der Waals surface area (Å²) in [5.41, 5.74) is 3.51. The van der Waals surface area contributed by atoms with Crippen molar-refractivity contribution in [3.05, 3.63) is 74.4 Å². The molecule has 0 aromatic heterocycles. The normalized spacial score (nSPS) is 20.6. The fraction of sp³-hybridized carbons (Fsp3) is 0.364. The highest BCUT2D eigenvalue weighted by atomic mass is 79.9. The highest BCUT2D eigenvalue weighted by Gasteiger charge is 2.38. The van der Waals surface area contributed by atoms with Crippen molar-refractivity contribution in [2.24, 2.45) is 0 Å². The average Bonchev–Trinajstić information content (AvgIpc) is 3.09. The Bertz CT molecular complexity index is 863. The standard InChI is InChI=1S/C22H24BrCl2N3/c1-2-18-15-27(26-12-4-3-5-13-26)22(20-11-8-17(24)14-21(20)25)28(18)19-9-6-16(23)7-10-19/h6-11,14-15,22H,2-5,12-13H2,1H3. The van der Waals surface area contributed by atoms with E-state index in [1.807, 2.05) is 12.1 Å². The Morgan fingerprint density at radius 1 is 1.00 bits per heavy atom. The second-order valence-electron chi connectivity index (χ2n) is 7.25. The molecule has 0 radical (unpaired) electrons. The maximum atomic E-state index is 6.70. The van der Waals surface area contributed by atoms with Gasteiger partial charge in [0.05, 0.1) is 0 Å². The van der Waals surface area contributed by atoms with Gasteiger partial charge in [-0.1, -0.05) is 58.5 Å². The van der Waals surface area contributed by atoms with Gasteiger partial charge in [-0.05, 0) is 55.7 Å². The summed E-state index contributed by atoms with van der Waals surface area (Å²) in [6.45, 7) is 4.35. The van der Waals surface area contributed by atoms with Crippen LogP contribution < -0.4 is 4.90 Å². The minimum absolute atomic E-state index is 0.0148. The van der Waals surface area contributed by atoms with Gasteiger partial charge in [-0.2, -0.15) is 0 Å². The molecule has 0 saturated carbocycles. The Labute approximate surface area is 185 Å². The number of benzene rings is 2. The van der Waals surface area contributed by atoms with Crippen LogP contribution in [0.15, 0.2) is 58.8 Å². The number of anilines is 1. The molecule has 2 heterocycles. The quantitative estimate of drug-likeness (QED) is 0.456. The van der Waals surface area contributed by atoms with E-state index in [1.54, 1.807) is 0 Å². The number of hydrazine groups is 1. The molecule has 3 nitrogen and oxygen atoms in total. The molecule has 2 aliphatic rings. The SMILES string of the molecule is CCC1=CN(N2CCCCC2)C(c2ccc(Cl)cc2Cl)N1c1ccc(Br)cc1. The van der Waals surface area contributed by atoms with Crippen molar-refractivity contribution in [3.63, 3.8) is 0 Å². The highest BCUT2D eigenvalue weighted by molar-refractivity contribution is 9.10. The number of allylic oxidation sites excluding steroid dienone is 1. The van der Waals surface area contributed by atoms with Gasteiger partial charge in [0.15, 0.2) is 0 Å². The molecule has 0 N–H and O–H groups in total. The maximum Gasteiger partial charge on any atom is 0.148 e. The largest absolute Gasteiger partial charge is 0.317 e. The van der Waals surface area contributed by atoms with Crippen molar-refractivity contribution < 1.29 is 0 Å². The van der Waals surface area contributed by atoms with Crippen molar-refractivity contribution in [2.45, 2.75) is 38.8 Å². The Hall–Kier alpha value is -1.20. The first-order valence-electron chi connectivity index (χ1n) is 9.82. The second kappa shape index (κ2) is 8.66. The van der Waals surface area contributed by atoms with Crippen molar-refractivity contribution in [1.82, 2.24) is 10.0 Å². The summed E-state index contributed by atoms with van der Waals surface area (Å²) in [5, 5.41) is 6.21. The average molecular weight is 481 g/mol. The zero-order valence-corrected chi connectivity index (χ0v) is 19.0. The molecule has 0 spiro atoms. The third-order valence-corrected chi connectivity index (χ3v) is 6.54. The molecule has 0 aliphatic carbocycles. The van der Waals surface area contributed by atoms with E-state index >= 15 is 0 Å². The molecule has 2 aromatic rings. The number of hydrogen-bond acceptors (Lipinski definition) is 3. The molecule has 1 unspecified atom stereocenters. The minimum atomic E-state index is -0.0148. The summed E-state index contributed by atoms with van der Waals surface area (Å²) >= 11 is 16.4. The number of hydrogen-bond donors (Lipinski definition) is 0. The maximum absolute atomic E-state index is 6.70. The van der Waals surface area contributed by atoms with E-state index < -0.39 is 0 Å². The first-order chi connectivity index (χ1) is 13.6. The van der Waals surface area contributed by atoms with Crippen LogP contribution in [0, 0.1) is 0 Å². The highest BCUT2D eigenvalue weighted by Crippen LogP contribution is 2.44. The molecule has 1 saturated heterocycles. The summed E-state index contributed by atoms with van der Waals surface area (Å²) < 4.78 is 1.08. The van der Waals surface area contributed by atoms with E-state index in [9.17, 15) is 0 Å². The van der Waals surface area contributed by atoms with Gasteiger partial charge in [-0.15, -0.1) is 0 Å². The molecule has 2 aliphatic heterocycles. The molecule has 0 amide bonds. The van der Waals surface area contributed by atoms with Crippen molar-refractivity contribution in [3.8, 4) is 0 Å². The van der Waals surface area contributed by atoms with Gasteiger partial charge in [0.2, 0.25) is 0 Å². The predicted octanol–water partition coefficient (Wildman–Crippen LogP) is 7.23. The molecular formula is C22H24BrCl2N3. The predicted molar refractivity (Wildman–Crippen MR) is 121 cm³/mol. The molecule has 2 aromatic carbocycles. The minimum Gasteiger partial charge on any atom is -0.317 e. The van der Waals surface area contributed by atoms with Gasteiger partial charge in [0.1, 0.15) is 6.17 Å². The molecule has 0 bridgehead atoms. The van der Waals surface area contributed by atoms with Crippen molar-refractivity contribution in [2.75, 3.05) is 18.0 Å². The zero-order valence-electron chi connectivity index (χ0n) is 15.9. The third kappa shape index (κ3) is 3.93. The molecule has 6 heteroatoms. The van der Waals surface area contributed by atoms with Gasteiger partial charge < -0.3 is 4.90 Å². The van der Waals surface area contributed by atoms with E-state index in [4.69, 9.17) is 23.2 Å². The van der Waals surface area contributed by atoms with Crippen LogP contribution in [0.5, 0.6) is 0 Å². The first-order valence-corrected chi connectivity index (χ1v) is 11.4. The topological polar surface area (TPSA) is 9.72 Å². The molecule has 1 fully saturated rings. The lowest BCUT2D eigenvalue weighted by molar-refractivity contribution is -0.0213. The number of piperidine rings is 1. The van der Waals surface area contributed by atoms with Crippen LogP contribution in [0.2, 0.25) is 10.0 Å². The molecule has 148 valence electrons. The van der Waals surface area contributed by atoms with Crippen molar-refractivity contribution in [1.29, 1.82) is 0 Å². The number of nitrogens with zero attached hydrogens (tertiary/aromatic N) is 3. The Kier molecular flexibility index (Phi) is 6.21. The van der Waals surface area contributed by atoms with E-state index in [0.717, 1.165) is 35.2 Å². The van der Waals surface area contributed by atoms with Crippen LogP contribution in [-0.2, 0) is 0 Å². The molecule has 4 rings (SSSR count). The molecular weight excluding hydrogens is 457 g/mol. The number of halogens is 3. The van der Waals surface area contributed by atoms with Crippen molar-refractivity contribution >= 4 is 44.8 Å². The van der Waals surface area contributed by atoms with Crippen LogP contribution >= 0.6 is 39.1 Å². The van der Waals surface area contributed by atoms with Crippen LogP contribution in [0.4, 0.5) is 5.69 Å². The third-order valence-electron chi connectivity index (χ3n) is 5.45. The van der Waals surface area contributed by atoms with Gasteiger partial charge in [-0.3, -0.25) is 5.01 Å². The van der Waals surface area contributed by atoms with Gasteiger partial charge >= 0.3 is 0 Å². The smallest absolute Gasteiger partial charge is 0.148 e. The Morgan fingerprint density at radius 2 is 1.71 bits per heavy atom. The zero-order chi connectivity index (χ0) is 19.7.